The highest BCUT2D eigenvalue weighted by Crippen LogP contribution is 2.28. The molecule has 2 aromatic rings. The van der Waals surface area contributed by atoms with Crippen LogP contribution in [0.4, 0.5) is 0 Å². The lowest BCUT2D eigenvalue weighted by molar-refractivity contribution is 1.29. The third kappa shape index (κ3) is 2.68. The maximum absolute atomic E-state index is 4.37. The fraction of sp³-hybridized carbons (Fsp3) is 0. The van der Waals surface area contributed by atoms with Crippen LogP contribution in [0.25, 0.3) is 11.3 Å². The Bertz CT molecular complexity index is 480. The summed E-state index contributed by atoms with van der Waals surface area (Å²) in [6.07, 6.45) is 1.79. The molecule has 0 aliphatic heterocycles. The molecule has 76 valence electrons. The molecule has 4 heteroatoms. The molecule has 0 saturated carbocycles. The van der Waals surface area contributed by atoms with Gasteiger partial charge in [0.15, 0.2) is 0 Å². The van der Waals surface area contributed by atoms with Crippen molar-refractivity contribution in [3.8, 4) is 11.3 Å². The number of aromatic nitrogens is 1. The van der Waals surface area contributed by atoms with Crippen LogP contribution in [-0.4, -0.2) is 4.98 Å². The molecule has 1 heterocycles. The number of hydrogen-bond donors (Lipinski definition) is 0. The second kappa shape index (κ2) is 4.76. The van der Waals surface area contributed by atoms with Crippen LogP contribution in [0.3, 0.4) is 0 Å². The second-order valence-electron chi connectivity index (χ2n) is 2.99. The molecule has 0 aliphatic rings. The molecular formula is C11H6Br3N. The highest BCUT2D eigenvalue weighted by molar-refractivity contribution is 9.11. The minimum absolute atomic E-state index is 0.950. The van der Waals surface area contributed by atoms with E-state index in [0.717, 1.165) is 24.7 Å². The van der Waals surface area contributed by atoms with Gasteiger partial charge in [-0.3, -0.25) is 4.98 Å². The quantitative estimate of drug-likeness (QED) is 0.664. The lowest BCUT2D eigenvalue weighted by Gasteiger charge is -2.04. The average molecular weight is 392 g/mol. The standard InChI is InChI=1S/C11H6Br3N/c12-8-3-1-7(2-4-8)11-10(14)5-9(13)6-15-11/h1-6H. The van der Waals surface area contributed by atoms with E-state index in [1.54, 1.807) is 6.20 Å². The van der Waals surface area contributed by atoms with Crippen molar-refractivity contribution in [3.63, 3.8) is 0 Å². The highest BCUT2D eigenvalue weighted by atomic mass is 79.9. The smallest absolute Gasteiger partial charge is 0.0844 e. The van der Waals surface area contributed by atoms with Gasteiger partial charge >= 0.3 is 0 Å². The fourth-order valence-electron chi connectivity index (χ4n) is 1.23. The Morgan fingerprint density at radius 1 is 0.867 bits per heavy atom. The van der Waals surface area contributed by atoms with E-state index in [1.165, 1.54) is 0 Å². The Kier molecular flexibility index (Phi) is 3.59. The van der Waals surface area contributed by atoms with Crippen molar-refractivity contribution in [2.24, 2.45) is 0 Å². The second-order valence-corrected chi connectivity index (χ2v) is 5.68. The van der Waals surface area contributed by atoms with Crippen LogP contribution >= 0.6 is 47.8 Å². The molecule has 0 radical (unpaired) electrons. The highest BCUT2D eigenvalue weighted by Gasteiger charge is 2.04. The van der Waals surface area contributed by atoms with Crippen molar-refractivity contribution < 1.29 is 0 Å². The molecule has 1 aromatic heterocycles. The lowest BCUT2D eigenvalue weighted by atomic mass is 10.1. The van der Waals surface area contributed by atoms with Crippen molar-refractivity contribution >= 4 is 47.8 Å². The summed E-state index contributed by atoms with van der Waals surface area (Å²) in [5.74, 6) is 0. The van der Waals surface area contributed by atoms with E-state index in [1.807, 2.05) is 30.3 Å². The van der Waals surface area contributed by atoms with Crippen molar-refractivity contribution in [2.45, 2.75) is 0 Å². The summed E-state index contributed by atoms with van der Waals surface area (Å²) in [6, 6.07) is 10.1. The third-order valence-electron chi connectivity index (χ3n) is 1.93. The summed E-state index contributed by atoms with van der Waals surface area (Å²) in [6.45, 7) is 0. The molecule has 2 rings (SSSR count). The van der Waals surface area contributed by atoms with Gasteiger partial charge in [-0.1, -0.05) is 28.1 Å². The van der Waals surface area contributed by atoms with Crippen molar-refractivity contribution in [1.29, 1.82) is 0 Å². The zero-order valence-electron chi connectivity index (χ0n) is 7.55. The molecular weight excluding hydrogens is 386 g/mol. The number of hydrogen-bond acceptors (Lipinski definition) is 1. The molecule has 0 saturated heterocycles. The van der Waals surface area contributed by atoms with Crippen LogP contribution in [0, 0.1) is 0 Å². The van der Waals surface area contributed by atoms with Crippen molar-refractivity contribution in [2.75, 3.05) is 0 Å². The fourth-order valence-corrected chi connectivity index (χ4v) is 2.72. The molecule has 0 spiro atoms. The molecule has 0 atom stereocenters. The number of rotatable bonds is 1. The molecule has 0 amide bonds. The molecule has 1 nitrogen and oxygen atoms in total. The molecule has 0 fully saturated rings. The monoisotopic (exact) mass is 389 g/mol. The van der Waals surface area contributed by atoms with Gasteiger partial charge in [-0.2, -0.15) is 0 Å². The molecule has 0 bridgehead atoms. The normalized spacial score (nSPS) is 10.3. The zero-order valence-corrected chi connectivity index (χ0v) is 12.3. The van der Waals surface area contributed by atoms with Gasteiger partial charge in [0.1, 0.15) is 0 Å². The van der Waals surface area contributed by atoms with Gasteiger partial charge in [-0.15, -0.1) is 0 Å². The van der Waals surface area contributed by atoms with Crippen LogP contribution in [0.2, 0.25) is 0 Å². The number of pyridine rings is 1. The van der Waals surface area contributed by atoms with Gasteiger partial charge in [0, 0.05) is 25.2 Å². The Morgan fingerprint density at radius 3 is 2.13 bits per heavy atom. The summed E-state index contributed by atoms with van der Waals surface area (Å²) in [4.78, 5) is 4.37. The van der Waals surface area contributed by atoms with E-state index < -0.39 is 0 Å². The minimum atomic E-state index is 0.950. The topological polar surface area (TPSA) is 12.9 Å². The number of halogens is 3. The summed E-state index contributed by atoms with van der Waals surface area (Å²) < 4.78 is 3.02. The van der Waals surface area contributed by atoms with E-state index in [4.69, 9.17) is 0 Å². The molecule has 15 heavy (non-hydrogen) atoms. The van der Waals surface area contributed by atoms with Crippen LogP contribution < -0.4 is 0 Å². The van der Waals surface area contributed by atoms with Gasteiger partial charge in [-0.05, 0) is 50.1 Å². The maximum atomic E-state index is 4.37. The first-order valence-electron chi connectivity index (χ1n) is 4.24. The number of benzene rings is 1. The Labute approximate surface area is 113 Å². The number of nitrogens with zero attached hydrogens (tertiary/aromatic N) is 1. The van der Waals surface area contributed by atoms with Gasteiger partial charge in [0.25, 0.3) is 0 Å². The van der Waals surface area contributed by atoms with Gasteiger partial charge < -0.3 is 0 Å². The predicted molar refractivity (Wildman–Crippen MR) is 72.8 cm³/mol. The Balaban J connectivity index is 2.49. The Morgan fingerprint density at radius 2 is 1.53 bits per heavy atom. The van der Waals surface area contributed by atoms with Gasteiger partial charge in [0.2, 0.25) is 0 Å². The average Bonchev–Trinajstić information content (AvgIpc) is 2.20. The predicted octanol–water partition coefficient (Wildman–Crippen LogP) is 5.04. The summed E-state index contributed by atoms with van der Waals surface area (Å²) in [5, 5.41) is 0. The van der Waals surface area contributed by atoms with E-state index in [0.29, 0.717) is 0 Å². The van der Waals surface area contributed by atoms with E-state index in [2.05, 4.69) is 52.8 Å². The maximum Gasteiger partial charge on any atom is 0.0844 e. The summed E-state index contributed by atoms with van der Waals surface area (Å²) >= 11 is 10.3. The van der Waals surface area contributed by atoms with Crippen LogP contribution in [-0.2, 0) is 0 Å². The lowest BCUT2D eigenvalue weighted by Crippen LogP contribution is -1.84. The Hall–Kier alpha value is -0.190. The van der Waals surface area contributed by atoms with Crippen molar-refractivity contribution in [1.82, 2.24) is 4.98 Å². The SMILES string of the molecule is Brc1ccc(-c2ncc(Br)cc2Br)cc1. The van der Waals surface area contributed by atoms with Crippen LogP contribution in [0.15, 0.2) is 49.9 Å². The first-order valence-corrected chi connectivity index (χ1v) is 6.62. The third-order valence-corrected chi connectivity index (χ3v) is 3.49. The first-order chi connectivity index (χ1) is 7.16. The first kappa shape index (κ1) is 11.3. The molecule has 0 N–H and O–H groups in total. The van der Waals surface area contributed by atoms with E-state index >= 15 is 0 Å². The van der Waals surface area contributed by atoms with Gasteiger partial charge in [-0.25, -0.2) is 0 Å². The van der Waals surface area contributed by atoms with Gasteiger partial charge in [0.05, 0.1) is 5.69 Å². The van der Waals surface area contributed by atoms with E-state index in [-0.39, 0.29) is 0 Å². The zero-order chi connectivity index (χ0) is 10.8. The minimum Gasteiger partial charge on any atom is -0.254 e. The van der Waals surface area contributed by atoms with Crippen molar-refractivity contribution in [3.05, 3.63) is 49.9 Å². The summed E-state index contributed by atoms with van der Waals surface area (Å²) in [5.41, 5.74) is 2.04. The molecule has 1 aromatic carbocycles. The summed E-state index contributed by atoms with van der Waals surface area (Å²) in [7, 11) is 0. The van der Waals surface area contributed by atoms with E-state index in [9.17, 15) is 0 Å². The largest absolute Gasteiger partial charge is 0.254 e. The molecule has 0 aliphatic carbocycles. The van der Waals surface area contributed by atoms with Crippen LogP contribution in [0.1, 0.15) is 0 Å². The molecule has 0 unspecified atom stereocenters. The van der Waals surface area contributed by atoms with Crippen LogP contribution in [0.5, 0.6) is 0 Å².